The van der Waals surface area contributed by atoms with Gasteiger partial charge in [-0.25, -0.2) is 0 Å². The van der Waals surface area contributed by atoms with Crippen molar-refractivity contribution < 1.29 is 9.52 Å². The average molecular weight is 183 g/mol. The first-order valence-corrected chi connectivity index (χ1v) is 4.35. The van der Waals surface area contributed by atoms with Crippen molar-refractivity contribution in [3.8, 4) is 0 Å². The third-order valence-corrected chi connectivity index (χ3v) is 2.83. The fourth-order valence-corrected chi connectivity index (χ4v) is 1.07. The second-order valence-corrected chi connectivity index (χ2v) is 4.22. The highest BCUT2D eigenvalue weighted by Crippen LogP contribution is 2.36. The molecule has 0 saturated heterocycles. The molecular weight excluding hydrogens is 166 g/mol. The molecule has 0 radical (unpaired) electrons. The van der Waals surface area contributed by atoms with E-state index < -0.39 is 11.0 Å². The minimum Gasteiger partial charge on any atom is -0.467 e. The Bertz CT molecular complexity index is 262. The van der Waals surface area contributed by atoms with Gasteiger partial charge in [0.25, 0.3) is 0 Å². The van der Waals surface area contributed by atoms with Crippen molar-refractivity contribution in [3.05, 3.63) is 24.2 Å². The predicted molar refractivity (Wildman–Crippen MR) is 51.1 cm³/mol. The van der Waals surface area contributed by atoms with Crippen LogP contribution < -0.4 is 5.73 Å². The highest BCUT2D eigenvalue weighted by atomic mass is 16.3. The van der Waals surface area contributed by atoms with Crippen LogP contribution in [0.25, 0.3) is 0 Å². The van der Waals surface area contributed by atoms with Gasteiger partial charge in [-0.2, -0.15) is 0 Å². The van der Waals surface area contributed by atoms with E-state index in [-0.39, 0.29) is 6.61 Å². The molecule has 1 heterocycles. The first-order chi connectivity index (χ1) is 5.92. The highest BCUT2D eigenvalue weighted by Gasteiger charge is 2.40. The summed E-state index contributed by atoms with van der Waals surface area (Å²) in [6, 6.07) is 3.63. The van der Waals surface area contributed by atoms with E-state index in [1.807, 2.05) is 26.8 Å². The third kappa shape index (κ3) is 1.62. The van der Waals surface area contributed by atoms with Crippen LogP contribution in [0.5, 0.6) is 0 Å². The topological polar surface area (TPSA) is 59.4 Å². The lowest BCUT2D eigenvalue weighted by atomic mass is 9.73. The zero-order valence-corrected chi connectivity index (χ0v) is 8.37. The quantitative estimate of drug-likeness (QED) is 0.746. The summed E-state index contributed by atoms with van der Waals surface area (Å²) in [6.07, 6.45) is 1.59. The van der Waals surface area contributed by atoms with Crippen LogP contribution in [0, 0.1) is 5.41 Å². The summed E-state index contributed by atoms with van der Waals surface area (Å²) in [4.78, 5) is 0. The lowest BCUT2D eigenvalue weighted by molar-refractivity contribution is 0.0677. The second-order valence-electron chi connectivity index (χ2n) is 4.22. The molecule has 13 heavy (non-hydrogen) atoms. The van der Waals surface area contributed by atoms with E-state index in [9.17, 15) is 5.11 Å². The number of hydrogen-bond acceptors (Lipinski definition) is 3. The molecule has 0 bridgehead atoms. The fraction of sp³-hybridized carbons (Fsp3) is 0.600. The van der Waals surface area contributed by atoms with Gasteiger partial charge >= 0.3 is 0 Å². The minimum absolute atomic E-state index is 0.0285. The monoisotopic (exact) mass is 183 g/mol. The van der Waals surface area contributed by atoms with Gasteiger partial charge in [-0.3, -0.25) is 0 Å². The standard InChI is InChI=1S/C10H17NO2/c1-9(2,7-12)10(3,11)8-5-4-6-13-8/h4-6,12H,7,11H2,1-3H3. The Balaban J connectivity index is 3.02. The molecule has 1 aromatic rings. The van der Waals surface area contributed by atoms with E-state index in [4.69, 9.17) is 10.2 Å². The molecule has 3 N–H and O–H groups in total. The molecule has 0 aliphatic rings. The van der Waals surface area contributed by atoms with Gasteiger partial charge < -0.3 is 15.3 Å². The molecule has 74 valence electrons. The van der Waals surface area contributed by atoms with Gasteiger partial charge in [0.15, 0.2) is 0 Å². The van der Waals surface area contributed by atoms with Crippen LogP contribution in [0.1, 0.15) is 26.5 Å². The molecule has 0 aliphatic carbocycles. The Morgan fingerprint density at radius 3 is 2.46 bits per heavy atom. The Morgan fingerprint density at radius 2 is 2.08 bits per heavy atom. The number of aliphatic hydroxyl groups excluding tert-OH is 1. The molecule has 1 unspecified atom stereocenters. The molecule has 1 aromatic heterocycles. The van der Waals surface area contributed by atoms with Gasteiger partial charge in [-0.1, -0.05) is 13.8 Å². The maximum absolute atomic E-state index is 9.21. The van der Waals surface area contributed by atoms with Crippen LogP contribution in [0.4, 0.5) is 0 Å². The molecule has 0 fully saturated rings. The Labute approximate surface area is 78.5 Å². The molecule has 3 nitrogen and oxygen atoms in total. The fourth-order valence-electron chi connectivity index (χ4n) is 1.07. The van der Waals surface area contributed by atoms with Gasteiger partial charge in [0.2, 0.25) is 0 Å². The summed E-state index contributed by atoms with van der Waals surface area (Å²) < 4.78 is 5.25. The number of aliphatic hydroxyl groups is 1. The summed E-state index contributed by atoms with van der Waals surface area (Å²) in [7, 11) is 0. The molecule has 1 atom stereocenters. The zero-order valence-electron chi connectivity index (χ0n) is 8.37. The number of furan rings is 1. The normalized spacial score (nSPS) is 17.0. The van der Waals surface area contributed by atoms with Crippen molar-refractivity contribution in [2.24, 2.45) is 11.1 Å². The van der Waals surface area contributed by atoms with Crippen molar-refractivity contribution in [3.63, 3.8) is 0 Å². The minimum atomic E-state index is -0.648. The molecule has 1 rings (SSSR count). The van der Waals surface area contributed by atoms with E-state index in [1.165, 1.54) is 0 Å². The SMILES string of the molecule is CC(C)(CO)C(C)(N)c1ccco1. The van der Waals surface area contributed by atoms with Crippen LogP contribution in [0.3, 0.4) is 0 Å². The molecule has 0 aromatic carbocycles. The largest absolute Gasteiger partial charge is 0.467 e. The van der Waals surface area contributed by atoms with E-state index in [2.05, 4.69) is 0 Å². The molecule has 0 amide bonds. The van der Waals surface area contributed by atoms with Crippen molar-refractivity contribution >= 4 is 0 Å². The number of rotatable bonds is 3. The van der Waals surface area contributed by atoms with Gasteiger partial charge in [-0.15, -0.1) is 0 Å². The highest BCUT2D eigenvalue weighted by molar-refractivity contribution is 5.14. The van der Waals surface area contributed by atoms with E-state index >= 15 is 0 Å². The molecule has 0 aliphatic heterocycles. The predicted octanol–water partition coefficient (Wildman–Crippen LogP) is 1.47. The summed E-state index contributed by atoms with van der Waals surface area (Å²) in [6.45, 7) is 5.72. The smallest absolute Gasteiger partial charge is 0.123 e. The maximum Gasteiger partial charge on any atom is 0.123 e. The van der Waals surface area contributed by atoms with Crippen molar-refractivity contribution in [1.29, 1.82) is 0 Å². The van der Waals surface area contributed by atoms with Crippen LogP contribution >= 0.6 is 0 Å². The van der Waals surface area contributed by atoms with E-state index in [0.717, 1.165) is 0 Å². The van der Waals surface area contributed by atoms with Crippen LogP contribution in [-0.4, -0.2) is 11.7 Å². The Hall–Kier alpha value is -0.800. The van der Waals surface area contributed by atoms with Crippen LogP contribution in [0.2, 0.25) is 0 Å². The van der Waals surface area contributed by atoms with Gasteiger partial charge in [0, 0.05) is 5.41 Å². The summed E-state index contributed by atoms with van der Waals surface area (Å²) in [5, 5.41) is 9.21. The zero-order chi connectivity index (χ0) is 10.1. The van der Waals surface area contributed by atoms with Gasteiger partial charge in [-0.05, 0) is 19.1 Å². The van der Waals surface area contributed by atoms with Crippen LogP contribution in [0.15, 0.2) is 22.8 Å². The van der Waals surface area contributed by atoms with Crippen molar-refractivity contribution in [2.45, 2.75) is 26.3 Å². The van der Waals surface area contributed by atoms with Crippen molar-refractivity contribution in [1.82, 2.24) is 0 Å². The number of nitrogens with two attached hydrogens (primary N) is 1. The first-order valence-electron chi connectivity index (χ1n) is 4.35. The lowest BCUT2D eigenvalue weighted by Gasteiger charge is -2.38. The Morgan fingerprint density at radius 1 is 1.46 bits per heavy atom. The average Bonchev–Trinajstić information content (AvgIpc) is 2.56. The summed E-state index contributed by atoms with van der Waals surface area (Å²) in [5.74, 6) is 0.701. The van der Waals surface area contributed by atoms with Gasteiger partial charge in [0.1, 0.15) is 5.76 Å². The summed E-state index contributed by atoms with van der Waals surface area (Å²) >= 11 is 0. The lowest BCUT2D eigenvalue weighted by Crippen LogP contribution is -2.49. The summed E-state index contributed by atoms with van der Waals surface area (Å²) in [5.41, 5.74) is 5.07. The second kappa shape index (κ2) is 3.16. The maximum atomic E-state index is 9.21. The van der Waals surface area contributed by atoms with E-state index in [0.29, 0.717) is 5.76 Å². The van der Waals surface area contributed by atoms with Gasteiger partial charge in [0.05, 0.1) is 18.4 Å². The molecular formula is C10H17NO2. The van der Waals surface area contributed by atoms with Crippen LogP contribution in [-0.2, 0) is 5.54 Å². The Kier molecular flexibility index (Phi) is 2.50. The number of hydrogen-bond donors (Lipinski definition) is 2. The molecule has 0 saturated carbocycles. The third-order valence-electron chi connectivity index (χ3n) is 2.83. The van der Waals surface area contributed by atoms with Crippen molar-refractivity contribution in [2.75, 3.05) is 6.61 Å². The van der Waals surface area contributed by atoms with E-state index in [1.54, 1.807) is 12.3 Å². The molecule has 3 heteroatoms. The molecule has 0 spiro atoms. The first kappa shape index (κ1) is 10.3.